The number of amides is 1. The quantitative estimate of drug-likeness (QED) is 0.603. The lowest BCUT2D eigenvalue weighted by Crippen LogP contribution is -2.44. The van der Waals surface area contributed by atoms with E-state index in [-0.39, 0.29) is 0 Å². The zero-order chi connectivity index (χ0) is 21.7. The largest absolute Gasteiger partial charge is 0.465 e. The van der Waals surface area contributed by atoms with Gasteiger partial charge < -0.3 is 20.0 Å². The third-order valence-electron chi connectivity index (χ3n) is 6.04. The van der Waals surface area contributed by atoms with Gasteiger partial charge in [0.05, 0.1) is 5.60 Å². The molecule has 1 saturated heterocycles. The van der Waals surface area contributed by atoms with Crippen molar-refractivity contribution in [3.63, 3.8) is 0 Å². The molecule has 0 saturated carbocycles. The van der Waals surface area contributed by atoms with Crippen LogP contribution in [0.5, 0.6) is 0 Å². The predicted octanol–water partition coefficient (Wildman–Crippen LogP) is 4.85. The van der Waals surface area contributed by atoms with Crippen LogP contribution in [0.15, 0.2) is 84.9 Å². The number of carboxylic acid groups (broad SMARTS) is 1. The maximum Gasteiger partial charge on any atom is 0.407 e. The summed E-state index contributed by atoms with van der Waals surface area (Å²) in [5.41, 5.74) is 3.32. The van der Waals surface area contributed by atoms with E-state index in [1.165, 1.54) is 16.0 Å². The van der Waals surface area contributed by atoms with E-state index in [0.717, 1.165) is 24.3 Å². The van der Waals surface area contributed by atoms with Gasteiger partial charge in [0.25, 0.3) is 0 Å². The molecule has 4 rings (SSSR count). The average molecular weight is 417 g/mol. The van der Waals surface area contributed by atoms with Gasteiger partial charge in [-0.05, 0) is 41.7 Å². The molecular weight excluding hydrogens is 388 g/mol. The first-order valence-corrected chi connectivity index (χ1v) is 10.7. The highest BCUT2D eigenvalue weighted by Crippen LogP contribution is 2.35. The Morgan fingerprint density at radius 3 is 1.90 bits per heavy atom. The number of piperidine rings is 1. The molecule has 0 aliphatic carbocycles. The molecule has 1 amide bonds. The molecule has 1 aliphatic heterocycles. The van der Waals surface area contributed by atoms with Gasteiger partial charge in [-0.15, -0.1) is 0 Å². The van der Waals surface area contributed by atoms with E-state index in [1.807, 2.05) is 48.5 Å². The van der Waals surface area contributed by atoms with E-state index in [1.54, 1.807) is 0 Å². The number of hydrogen-bond donors (Lipinski definition) is 2. The maximum atomic E-state index is 11.3. The lowest BCUT2D eigenvalue weighted by molar-refractivity contribution is -0.0213. The monoisotopic (exact) mass is 416 g/mol. The van der Waals surface area contributed by atoms with Crippen LogP contribution in [-0.2, 0) is 18.7 Å². The number of hydrogen-bond acceptors (Lipinski definition) is 3. The number of likely N-dealkylation sites (tertiary alicyclic amines) is 1. The SMILES string of the molecule is O=C(O)N1CCC(O)(c2cccc(N(Cc3ccccc3)Cc3ccccc3)c2)CC1. The lowest BCUT2D eigenvalue weighted by atomic mass is 9.84. The molecule has 2 N–H and O–H groups in total. The van der Waals surface area contributed by atoms with Gasteiger partial charge in [0, 0.05) is 31.9 Å². The van der Waals surface area contributed by atoms with Gasteiger partial charge in [0.2, 0.25) is 0 Å². The van der Waals surface area contributed by atoms with Gasteiger partial charge in [0.1, 0.15) is 0 Å². The first kappa shape index (κ1) is 20.9. The number of aliphatic hydroxyl groups is 1. The number of rotatable bonds is 6. The van der Waals surface area contributed by atoms with E-state index in [2.05, 4.69) is 41.3 Å². The topological polar surface area (TPSA) is 64.0 Å². The summed E-state index contributed by atoms with van der Waals surface area (Å²) in [6.45, 7) is 2.19. The van der Waals surface area contributed by atoms with Crippen LogP contribution < -0.4 is 4.90 Å². The number of carbonyl (C=O) groups is 1. The van der Waals surface area contributed by atoms with Crippen LogP contribution in [0.25, 0.3) is 0 Å². The van der Waals surface area contributed by atoms with Gasteiger partial charge in [-0.3, -0.25) is 0 Å². The van der Waals surface area contributed by atoms with Gasteiger partial charge in [-0.2, -0.15) is 0 Å². The summed E-state index contributed by atoms with van der Waals surface area (Å²) in [5, 5.41) is 20.5. The van der Waals surface area contributed by atoms with Crippen LogP contribution in [-0.4, -0.2) is 34.3 Å². The Morgan fingerprint density at radius 2 is 1.39 bits per heavy atom. The highest BCUT2D eigenvalue weighted by Gasteiger charge is 2.35. The summed E-state index contributed by atoms with van der Waals surface area (Å²) in [7, 11) is 0. The van der Waals surface area contributed by atoms with Crippen molar-refractivity contribution in [3.8, 4) is 0 Å². The normalized spacial score (nSPS) is 15.5. The molecule has 31 heavy (non-hydrogen) atoms. The molecule has 0 bridgehead atoms. The van der Waals surface area contributed by atoms with Crippen molar-refractivity contribution >= 4 is 11.8 Å². The van der Waals surface area contributed by atoms with Crippen LogP contribution in [0.4, 0.5) is 10.5 Å². The molecule has 0 spiro atoms. The lowest BCUT2D eigenvalue weighted by Gasteiger charge is -2.38. The summed E-state index contributed by atoms with van der Waals surface area (Å²) in [6.07, 6.45) is -0.118. The number of nitrogens with zero attached hydrogens (tertiary/aromatic N) is 2. The third-order valence-corrected chi connectivity index (χ3v) is 6.04. The fourth-order valence-corrected chi connectivity index (χ4v) is 4.19. The van der Waals surface area contributed by atoms with Gasteiger partial charge in [-0.25, -0.2) is 4.79 Å². The second-order valence-electron chi connectivity index (χ2n) is 8.18. The molecule has 1 aliphatic rings. The van der Waals surface area contributed by atoms with Crippen LogP contribution in [0.2, 0.25) is 0 Å². The Balaban J connectivity index is 1.60. The molecule has 160 valence electrons. The van der Waals surface area contributed by atoms with Crippen molar-refractivity contribution < 1.29 is 15.0 Å². The van der Waals surface area contributed by atoms with E-state index in [4.69, 9.17) is 0 Å². The summed E-state index contributed by atoms with van der Waals surface area (Å²) in [5.74, 6) is 0. The van der Waals surface area contributed by atoms with Crippen molar-refractivity contribution in [2.75, 3.05) is 18.0 Å². The highest BCUT2D eigenvalue weighted by molar-refractivity contribution is 5.65. The minimum atomic E-state index is -1.01. The van der Waals surface area contributed by atoms with Gasteiger partial charge in [0.15, 0.2) is 0 Å². The molecule has 0 aromatic heterocycles. The maximum absolute atomic E-state index is 11.3. The number of benzene rings is 3. The molecule has 3 aromatic carbocycles. The molecule has 5 heteroatoms. The average Bonchev–Trinajstić information content (AvgIpc) is 2.80. The van der Waals surface area contributed by atoms with Crippen LogP contribution >= 0.6 is 0 Å². The first-order chi connectivity index (χ1) is 15.0. The van der Waals surface area contributed by atoms with E-state index < -0.39 is 11.7 Å². The second-order valence-corrected chi connectivity index (χ2v) is 8.18. The summed E-state index contributed by atoms with van der Waals surface area (Å²) >= 11 is 0. The zero-order valence-corrected chi connectivity index (χ0v) is 17.5. The molecule has 3 aromatic rings. The summed E-state index contributed by atoms with van der Waals surface area (Å²) in [4.78, 5) is 14.9. The Kier molecular flexibility index (Phi) is 6.23. The predicted molar refractivity (Wildman–Crippen MR) is 122 cm³/mol. The van der Waals surface area contributed by atoms with Crippen LogP contribution in [0, 0.1) is 0 Å². The smallest absolute Gasteiger partial charge is 0.407 e. The van der Waals surface area contributed by atoms with Gasteiger partial charge in [-0.1, -0.05) is 72.8 Å². The first-order valence-electron chi connectivity index (χ1n) is 10.7. The zero-order valence-electron chi connectivity index (χ0n) is 17.5. The molecule has 5 nitrogen and oxygen atoms in total. The Bertz CT molecular complexity index is 958. The van der Waals surface area contributed by atoms with Crippen molar-refractivity contribution in [1.82, 2.24) is 4.90 Å². The Hall–Kier alpha value is -3.31. The molecule has 1 fully saturated rings. The van der Waals surface area contributed by atoms with Crippen molar-refractivity contribution in [1.29, 1.82) is 0 Å². The molecule has 0 unspecified atom stereocenters. The molecular formula is C26H28N2O3. The Morgan fingerprint density at radius 1 is 0.839 bits per heavy atom. The van der Waals surface area contributed by atoms with E-state index in [9.17, 15) is 15.0 Å². The minimum absolute atomic E-state index is 0.341. The standard InChI is InChI=1S/C26H28N2O3/c29-25(30)27-16-14-26(31,15-17-27)23-12-7-13-24(18-23)28(19-21-8-3-1-4-9-21)20-22-10-5-2-6-11-22/h1-13,18,31H,14-17,19-20H2,(H,29,30). The van der Waals surface area contributed by atoms with E-state index >= 15 is 0 Å². The summed E-state index contributed by atoms with van der Waals surface area (Å²) < 4.78 is 0. The van der Waals surface area contributed by atoms with Crippen LogP contribution in [0.3, 0.4) is 0 Å². The Labute approximate surface area is 183 Å². The van der Waals surface area contributed by atoms with Crippen molar-refractivity contribution in [3.05, 3.63) is 102 Å². The molecule has 0 radical (unpaired) electrons. The second kappa shape index (κ2) is 9.23. The minimum Gasteiger partial charge on any atom is -0.465 e. The highest BCUT2D eigenvalue weighted by atomic mass is 16.4. The summed E-state index contributed by atoms with van der Waals surface area (Å²) in [6, 6.07) is 28.8. The van der Waals surface area contributed by atoms with Crippen molar-refractivity contribution in [2.45, 2.75) is 31.5 Å². The fourth-order valence-electron chi connectivity index (χ4n) is 4.19. The van der Waals surface area contributed by atoms with Gasteiger partial charge >= 0.3 is 6.09 Å². The molecule has 1 heterocycles. The van der Waals surface area contributed by atoms with E-state index in [0.29, 0.717) is 25.9 Å². The fraction of sp³-hybridized carbons (Fsp3) is 0.269. The third kappa shape index (κ3) is 5.06. The number of anilines is 1. The van der Waals surface area contributed by atoms with Crippen molar-refractivity contribution in [2.24, 2.45) is 0 Å². The molecule has 0 atom stereocenters. The van der Waals surface area contributed by atoms with Crippen LogP contribution in [0.1, 0.15) is 29.5 Å².